The number of nitrogens with one attached hydrogen (secondary N) is 2. The lowest BCUT2D eigenvalue weighted by molar-refractivity contribution is -0.131. The summed E-state index contributed by atoms with van der Waals surface area (Å²) in [5.74, 6) is -0.0485. The van der Waals surface area contributed by atoms with Gasteiger partial charge < -0.3 is 20.1 Å². The van der Waals surface area contributed by atoms with Crippen molar-refractivity contribution in [3.05, 3.63) is 83.9 Å². The molecule has 32 heavy (non-hydrogen) atoms. The summed E-state index contributed by atoms with van der Waals surface area (Å²) in [7, 11) is 0. The fourth-order valence-electron chi connectivity index (χ4n) is 3.01. The second-order valence-electron chi connectivity index (χ2n) is 6.92. The molecule has 0 saturated carbocycles. The Balaban J connectivity index is 1.67. The average molecular weight is 432 g/mol. The molecule has 0 aliphatic rings. The van der Waals surface area contributed by atoms with Crippen molar-refractivity contribution in [2.45, 2.75) is 20.3 Å². The lowest BCUT2D eigenvalue weighted by Crippen LogP contribution is -2.18. The number of esters is 1. The van der Waals surface area contributed by atoms with Crippen molar-refractivity contribution in [1.82, 2.24) is 0 Å². The minimum absolute atomic E-state index is 0.180. The molecule has 7 heteroatoms. The fraction of sp³-hybridized carbons (Fsp3) is 0.160. The third-order valence-corrected chi connectivity index (χ3v) is 4.41. The van der Waals surface area contributed by atoms with Gasteiger partial charge in [-0.3, -0.25) is 14.4 Å². The summed E-state index contributed by atoms with van der Waals surface area (Å²) in [6.45, 7) is 3.78. The number of rotatable bonds is 8. The van der Waals surface area contributed by atoms with Gasteiger partial charge in [-0.15, -0.1) is 0 Å². The van der Waals surface area contributed by atoms with E-state index in [2.05, 4.69) is 10.6 Å². The zero-order valence-electron chi connectivity index (χ0n) is 17.9. The minimum Gasteiger partial charge on any atom is -0.494 e. The van der Waals surface area contributed by atoms with Crippen molar-refractivity contribution >= 4 is 29.2 Å². The number of carbonyl (C=O) groups is 3. The highest BCUT2D eigenvalue weighted by atomic mass is 16.5. The molecule has 0 fully saturated rings. The lowest BCUT2D eigenvalue weighted by atomic mass is 10.1. The molecular weight excluding hydrogens is 408 g/mol. The number of benzene rings is 3. The average Bonchev–Trinajstić information content (AvgIpc) is 2.76. The summed E-state index contributed by atoms with van der Waals surface area (Å²) in [5.41, 5.74) is 2.09. The Labute approximate surface area is 186 Å². The molecule has 3 aromatic carbocycles. The number of para-hydroxylation sites is 2. The van der Waals surface area contributed by atoms with Gasteiger partial charge in [0.05, 0.1) is 24.4 Å². The van der Waals surface area contributed by atoms with Gasteiger partial charge in [-0.2, -0.15) is 0 Å². The monoisotopic (exact) mass is 432 g/mol. The smallest absolute Gasteiger partial charge is 0.308 e. The van der Waals surface area contributed by atoms with Crippen molar-refractivity contribution in [2.24, 2.45) is 0 Å². The molecule has 0 aliphatic carbocycles. The summed E-state index contributed by atoms with van der Waals surface area (Å²) >= 11 is 0. The molecule has 164 valence electrons. The van der Waals surface area contributed by atoms with Crippen molar-refractivity contribution < 1.29 is 23.9 Å². The summed E-state index contributed by atoms with van der Waals surface area (Å²) in [6.07, 6.45) is 0.180. The number of amides is 2. The highest BCUT2D eigenvalue weighted by molar-refractivity contribution is 6.07. The summed E-state index contributed by atoms with van der Waals surface area (Å²) in [6, 6.07) is 20.6. The number of carbonyl (C=O) groups excluding carboxylic acids is 3. The molecule has 0 aromatic heterocycles. The number of hydrogen-bond donors (Lipinski definition) is 2. The summed E-state index contributed by atoms with van der Waals surface area (Å²) in [5, 5.41) is 5.63. The topological polar surface area (TPSA) is 93.7 Å². The molecule has 0 aliphatic heterocycles. The molecular formula is C25H24N2O5. The van der Waals surface area contributed by atoms with Crippen LogP contribution in [0.5, 0.6) is 11.5 Å². The molecule has 0 heterocycles. The fourth-order valence-corrected chi connectivity index (χ4v) is 3.01. The minimum atomic E-state index is -0.469. The maximum atomic E-state index is 12.7. The zero-order valence-corrected chi connectivity index (χ0v) is 17.9. The van der Waals surface area contributed by atoms with Crippen LogP contribution in [0, 0.1) is 0 Å². The SMILES string of the molecule is CCOc1ccc(CC(=O)Nc2ccccc2NC(=O)c2cccc(OC(C)=O)c2)cc1. The molecule has 7 nitrogen and oxygen atoms in total. The highest BCUT2D eigenvalue weighted by Crippen LogP contribution is 2.23. The van der Waals surface area contributed by atoms with Crippen molar-refractivity contribution in [3.63, 3.8) is 0 Å². The van der Waals surface area contributed by atoms with Gasteiger partial charge in [0, 0.05) is 12.5 Å². The predicted octanol–water partition coefficient (Wildman–Crippen LogP) is 4.44. The van der Waals surface area contributed by atoms with Gasteiger partial charge in [0.1, 0.15) is 11.5 Å². The van der Waals surface area contributed by atoms with E-state index < -0.39 is 11.9 Å². The highest BCUT2D eigenvalue weighted by Gasteiger charge is 2.12. The van der Waals surface area contributed by atoms with E-state index in [1.807, 2.05) is 31.2 Å². The first kappa shape index (κ1) is 22.6. The third kappa shape index (κ3) is 6.43. The van der Waals surface area contributed by atoms with Gasteiger partial charge >= 0.3 is 5.97 Å². The Hall–Kier alpha value is -4.13. The number of hydrogen-bond acceptors (Lipinski definition) is 5. The molecule has 0 unspecified atom stereocenters. The number of ether oxygens (including phenoxy) is 2. The molecule has 0 bridgehead atoms. The van der Waals surface area contributed by atoms with Gasteiger partial charge in [0.15, 0.2) is 0 Å². The zero-order chi connectivity index (χ0) is 22.9. The first-order valence-electron chi connectivity index (χ1n) is 10.1. The van der Waals surface area contributed by atoms with Crippen molar-refractivity contribution in [1.29, 1.82) is 0 Å². The first-order chi connectivity index (χ1) is 15.4. The molecule has 2 amide bonds. The van der Waals surface area contributed by atoms with Crippen LogP contribution in [0.4, 0.5) is 11.4 Å². The van der Waals surface area contributed by atoms with E-state index in [0.717, 1.165) is 11.3 Å². The van der Waals surface area contributed by atoms with Crippen LogP contribution in [0.3, 0.4) is 0 Å². The Bertz CT molecular complexity index is 1110. The maximum absolute atomic E-state index is 12.7. The molecule has 3 aromatic rings. The van der Waals surface area contributed by atoms with Crippen molar-refractivity contribution in [2.75, 3.05) is 17.2 Å². The summed E-state index contributed by atoms with van der Waals surface area (Å²) in [4.78, 5) is 36.4. The van der Waals surface area contributed by atoms with Gasteiger partial charge in [0.2, 0.25) is 5.91 Å². The van der Waals surface area contributed by atoms with Crippen molar-refractivity contribution in [3.8, 4) is 11.5 Å². The largest absolute Gasteiger partial charge is 0.494 e. The molecule has 3 rings (SSSR count). The van der Waals surface area contributed by atoms with E-state index in [0.29, 0.717) is 23.5 Å². The molecule has 0 radical (unpaired) electrons. The van der Waals surface area contributed by atoms with E-state index in [-0.39, 0.29) is 18.1 Å². The lowest BCUT2D eigenvalue weighted by Gasteiger charge is -2.13. The van der Waals surface area contributed by atoms with Crippen LogP contribution < -0.4 is 20.1 Å². The normalized spacial score (nSPS) is 10.2. The second kappa shape index (κ2) is 10.8. The quantitative estimate of drug-likeness (QED) is 0.405. The van der Waals surface area contributed by atoms with Crippen LogP contribution in [0.15, 0.2) is 72.8 Å². The van der Waals surface area contributed by atoms with Crippen LogP contribution in [0.1, 0.15) is 29.8 Å². The molecule has 2 N–H and O–H groups in total. The van der Waals surface area contributed by atoms with E-state index in [1.165, 1.54) is 13.0 Å². The van der Waals surface area contributed by atoms with Crippen LogP contribution in [-0.2, 0) is 16.0 Å². The second-order valence-corrected chi connectivity index (χ2v) is 6.92. The Morgan fingerprint density at radius 2 is 1.50 bits per heavy atom. The summed E-state index contributed by atoms with van der Waals surface area (Å²) < 4.78 is 10.4. The van der Waals surface area contributed by atoms with Gasteiger partial charge in [0.25, 0.3) is 5.91 Å². The first-order valence-corrected chi connectivity index (χ1v) is 10.1. The van der Waals surface area contributed by atoms with Gasteiger partial charge in [-0.1, -0.05) is 30.3 Å². The van der Waals surface area contributed by atoms with Crippen LogP contribution in [0.2, 0.25) is 0 Å². The van der Waals surface area contributed by atoms with E-state index in [9.17, 15) is 14.4 Å². The van der Waals surface area contributed by atoms with Gasteiger partial charge in [-0.05, 0) is 55.0 Å². The third-order valence-electron chi connectivity index (χ3n) is 4.41. The molecule has 0 saturated heterocycles. The van der Waals surface area contributed by atoms with Crippen LogP contribution in [0.25, 0.3) is 0 Å². The van der Waals surface area contributed by atoms with E-state index >= 15 is 0 Å². The van der Waals surface area contributed by atoms with Crippen LogP contribution in [-0.4, -0.2) is 24.4 Å². The molecule has 0 atom stereocenters. The number of anilines is 2. The Kier molecular flexibility index (Phi) is 7.59. The Morgan fingerprint density at radius 1 is 0.812 bits per heavy atom. The maximum Gasteiger partial charge on any atom is 0.308 e. The standard InChI is InChI=1S/C25H24N2O5/c1-3-31-20-13-11-18(12-14-20)15-24(29)26-22-9-4-5-10-23(22)27-25(30)19-7-6-8-21(16-19)32-17(2)28/h4-14,16H,3,15H2,1-2H3,(H,26,29)(H,27,30). The van der Waals surface area contributed by atoms with Gasteiger partial charge in [-0.25, -0.2) is 0 Å². The molecule has 0 spiro atoms. The van der Waals surface area contributed by atoms with E-state index in [4.69, 9.17) is 9.47 Å². The predicted molar refractivity (Wildman–Crippen MR) is 122 cm³/mol. The van der Waals surface area contributed by atoms with E-state index in [1.54, 1.807) is 42.5 Å². The van der Waals surface area contributed by atoms with Crippen LogP contribution >= 0.6 is 0 Å². The Morgan fingerprint density at radius 3 is 2.16 bits per heavy atom.